The molecule has 2 aromatic rings. The Morgan fingerprint density at radius 3 is 3.00 bits per heavy atom. The summed E-state index contributed by atoms with van der Waals surface area (Å²) in [6, 6.07) is 3.66. The number of hydrogen-bond acceptors (Lipinski definition) is 4. The number of nitrogens with zero attached hydrogens (tertiary/aromatic N) is 5. The van der Waals surface area contributed by atoms with Crippen LogP contribution in [0.3, 0.4) is 0 Å². The molecule has 0 N–H and O–H groups in total. The molecule has 2 heterocycles. The Morgan fingerprint density at radius 1 is 1.36 bits per heavy atom. The predicted molar refractivity (Wildman–Crippen MR) is 36.4 cm³/mol. The number of pyridine rings is 1. The Bertz CT molecular complexity index is 314. The van der Waals surface area contributed by atoms with Crippen LogP contribution in [0.15, 0.2) is 24.5 Å². The molecule has 0 bridgehead atoms. The quantitative estimate of drug-likeness (QED) is 0.561. The minimum Gasteiger partial charge on any atom is -0.330 e. The summed E-state index contributed by atoms with van der Waals surface area (Å²) < 4.78 is 0. The van der Waals surface area contributed by atoms with Crippen molar-refractivity contribution in [2.45, 2.75) is 0 Å². The van der Waals surface area contributed by atoms with Crippen molar-refractivity contribution in [1.82, 2.24) is 25.6 Å². The molecule has 0 fully saturated rings. The fourth-order valence-corrected chi connectivity index (χ4v) is 0.755. The summed E-state index contributed by atoms with van der Waals surface area (Å²) in [7, 11) is 0. The zero-order valence-corrected chi connectivity index (χ0v) is 5.55. The van der Waals surface area contributed by atoms with Crippen molar-refractivity contribution in [3.8, 4) is 11.4 Å². The van der Waals surface area contributed by atoms with Crippen molar-refractivity contribution in [1.29, 1.82) is 0 Å². The lowest BCUT2D eigenvalue weighted by Gasteiger charge is -1.95. The van der Waals surface area contributed by atoms with Gasteiger partial charge in [0.2, 0.25) is 0 Å². The fourth-order valence-electron chi connectivity index (χ4n) is 0.755. The van der Waals surface area contributed by atoms with Crippen molar-refractivity contribution < 1.29 is 0 Å². The van der Waals surface area contributed by atoms with Gasteiger partial charge in [0.15, 0.2) is 0 Å². The van der Waals surface area contributed by atoms with Gasteiger partial charge < -0.3 is 5.10 Å². The van der Waals surface area contributed by atoms with Gasteiger partial charge in [-0.1, -0.05) is 6.07 Å². The van der Waals surface area contributed by atoms with Crippen molar-refractivity contribution in [3.63, 3.8) is 0 Å². The van der Waals surface area contributed by atoms with Crippen LogP contribution in [0.2, 0.25) is 0 Å². The van der Waals surface area contributed by atoms with E-state index in [-0.39, 0.29) is 0 Å². The second kappa shape index (κ2) is 2.45. The smallest absolute Gasteiger partial charge is 0.0412 e. The minimum atomic E-state index is 0.512. The molecule has 5 nitrogen and oxygen atoms in total. The Morgan fingerprint density at radius 2 is 2.36 bits per heavy atom. The van der Waals surface area contributed by atoms with Crippen LogP contribution in [0.25, 0.3) is 11.4 Å². The number of tetrazole rings is 1. The maximum Gasteiger partial charge on any atom is 0.0412 e. The summed E-state index contributed by atoms with van der Waals surface area (Å²) in [5.74, 6) is 0.512. The highest BCUT2D eigenvalue weighted by Gasteiger charge is 1.90. The first-order valence-electron chi connectivity index (χ1n) is 3.06. The van der Waals surface area contributed by atoms with E-state index in [1.807, 2.05) is 12.1 Å². The molecule has 0 unspecified atom stereocenters. The maximum absolute atomic E-state index is 3.91. The van der Waals surface area contributed by atoms with E-state index in [1.165, 1.54) is 0 Å². The van der Waals surface area contributed by atoms with Gasteiger partial charge in [0, 0.05) is 23.8 Å². The normalized spacial score (nSPS) is 9.82. The summed E-state index contributed by atoms with van der Waals surface area (Å²) in [6.07, 6.45) is 3.35. The van der Waals surface area contributed by atoms with E-state index in [4.69, 9.17) is 0 Å². The minimum absolute atomic E-state index is 0.512. The predicted octanol–water partition coefficient (Wildman–Crippen LogP) is -0.109. The molecule has 0 aliphatic heterocycles. The molecule has 5 heteroatoms. The SMILES string of the molecule is c1cncc(-c2nnn[n-]2)c1. The Balaban J connectivity index is 2.46. The third-order valence-electron chi connectivity index (χ3n) is 1.24. The molecule has 2 rings (SSSR count). The van der Waals surface area contributed by atoms with Crippen LogP contribution in [0, 0.1) is 0 Å². The van der Waals surface area contributed by atoms with Crippen LogP contribution in [0.4, 0.5) is 0 Å². The van der Waals surface area contributed by atoms with Crippen LogP contribution >= 0.6 is 0 Å². The Hall–Kier alpha value is -1.78. The third kappa shape index (κ3) is 1.07. The molecule has 11 heavy (non-hydrogen) atoms. The highest BCUT2D eigenvalue weighted by Crippen LogP contribution is 2.07. The Labute approximate surface area is 62.5 Å². The van der Waals surface area contributed by atoms with E-state index in [2.05, 4.69) is 25.6 Å². The van der Waals surface area contributed by atoms with Crippen molar-refractivity contribution in [3.05, 3.63) is 24.5 Å². The molecule has 0 aromatic carbocycles. The first-order chi connectivity index (χ1) is 5.47. The molecule has 2 aromatic heterocycles. The molecule has 54 valence electrons. The second-order valence-electron chi connectivity index (χ2n) is 1.94. The lowest BCUT2D eigenvalue weighted by Crippen LogP contribution is -1.82. The summed E-state index contributed by atoms with van der Waals surface area (Å²) in [4.78, 5) is 3.91. The topological polar surface area (TPSA) is 65.7 Å². The van der Waals surface area contributed by atoms with Gasteiger partial charge in [0.1, 0.15) is 0 Å². The van der Waals surface area contributed by atoms with Crippen molar-refractivity contribution in [2.24, 2.45) is 0 Å². The van der Waals surface area contributed by atoms with Crippen LogP contribution in [-0.4, -0.2) is 20.5 Å². The second-order valence-corrected chi connectivity index (χ2v) is 1.94. The van der Waals surface area contributed by atoms with Crippen molar-refractivity contribution >= 4 is 0 Å². The zero-order chi connectivity index (χ0) is 7.52. The van der Waals surface area contributed by atoms with E-state index < -0.39 is 0 Å². The van der Waals surface area contributed by atoms with Gasteiger partial charge in [0.25, 0.3) is 0 Å². The average Bonchev–Trinajstić information content (AvgIpc) is 2.58. The molecule has 0 aliphatic carbocycles. The molecule has 0 aliphatic rings. The van der Waals surface area contributed by atoms with Crippen LogP contribution in [0.1, 0.15) is 0 Å². The van der Waals surface area contributed by atoms with Gasteiger partial charge in [-0.3, -0.25) is 15.3 Å². The van der Waals surface area contributed by atoms with E-state index in [0.29, 0.717) is 5.82 Å². The summed E-state index contributed by atoms with van der Waals surface area (Å²) in [5.41, 5.74) is 0.831. The first-order valence-corrected chi connectivity index (χ1v) is 3.06. The van der Waals surface area contributed by atoms with Gasteiger partial charge in [-0.05, 0) is 6.07 Å². The zero-order valence-electron chi connectivity index (χ0n) is 5.55. The van der Waals surface area contributed by atoms with Gasteiger partial charge in [0.05, 0.1) is 0 Å². The molecular formula is C6H4N5-. The van der Waals surface area contributed by atoms with Crippen LogP contribution in [0.5, 0.6) is 0 Å². The number of aromatic nitrogens is 5. The lowest BCUT2D eigenvalue weighted by atomic mass is 10.3. The highest BCUT2D eigenvalue weighted by atomic mass is 15.5. The van der Waals surface area contributed by atoms with E-state index in [1.54, 1.807) is 12.4 Å². The average molecular weight is 146 g/mol. The summed E-state index contributed by atoms with van der Waals surface area (Å²) in [6.45, 7) is 0. The number of rotatable bonds is 1. The van der Waals surface area contributed by atoms with Crippen molar-refractivity contribution in [2.75, 3.05) is 0 Å². The fraction of sp³-hybridized carbons (Fsp3) is 0. The van der Waals surface area contributed by atoms with Gasteiger partial charge >= 0.3 is 0 Å². The molecule has 0 radical (unpaired) electrons. The third-order valence-corrected chi connectivity index (χ3v) is 1.24. The molecule has 0 amide bonds. The van der Waals surface area contributed by atoms with Gasteiger partial charge in [-0.2, -0.15) is 5.21 Å². The molecule has 0 saturated heterocycles. The largest absolute Gasteiger partial charge is 0.330 e. The highest BCUT2D eigenvalue weighted by molar-refractivity contribution is 5.50. The molecule has 0 saturated carbocycles. The number of hydrogen-bond donors (Lipinski definition) is 0. The first kappa shape index (κ1) is 5.96. The Kier molecular flexibility index (Phi) is 1.33. The maximum atomic E-state index is 3.91. The monoisotopic (exact) mass is 146 g/mol. The molecular weight excluding hydrogens is 142 g/mol. The summed E-state index contributed by atoms with van der Waals surface area (Å²) in [5, 5.41) is 14.1. The molecule has 0 atom stereocenters. The van der Waals surface area contributed by atoms with E-state index >= 15 is 0 Å². The lowest BCUT2D eigenvalue weighted by molar-refractivity contribution is 0.871. The van der Waals surface area contributed by atoms with Gasteiger partial charge in [-0.15, -0.1) is 0 Å². The molecule has 0 spiro atoms. The standard InChI is InChI=1S/C6H4N5/c1-2-5(4-7-3-1)6-8-10-11-9-6/h1-4H/q-1. The summed E-state index contributed by atoms with van der Waals surface area (Å²) >= 11 is 0. The van der Waals surface area contributed by atoms with Gasteiger partial charge in [-0.25, -0.2) is 0 Å². The van der Waals surface area contributed by atoms with E-state index in [0.717, 1.165) is 5.56 Å². The van der Waals surface area contributed by atoms with E-state index in [9.17, 15) is 0 Å². The van der Waals surface area contributed by atoms with Crippen LogP contribution < -0.4 is 5.10 Å². The van der Waals surface area contributed by atoms with Crippen LogP contribution in [-0.2, 0) is 0 Å².